The molecule has 2 aliphatic heterocycles. The van der Waals surface area contributed by atoms with Gasteiger partial charge in [-0.2, -0.15) is 5.10 Å². The smallest absolute Gasteiger partial charge is 0.273 e. The highest BCUT2D eigenvalue weighted by molar-refractivity contribution is 6.32. The summed E-state index contributed by atoms with van der Waals surface area (Å²) in [5, 5.41) is 9.84. The second-order valence-electron chi connectivity index (χ2n) is 12.0. The summed E-state index contributed by atoms with van der Waals surface area (Å²) in [4.78, 5) is 24.7. The number of fused-ring (bicyclic) bond motifs is 2. The molecular formula is C38H30Cl2N6O. The van der Waals surface area contributed by atoms with Crippen molar-refractivity contribution in [1.29, 1.82) is 0 Å². The van der Waals surface area contributed by atoms with E-state index in [0.717, 1.165) is 51.0 Å². The van der Waals surface area contributed by atoms with Crippen LogP contribution < -0.4 is 5.32 Å². The molecule has 232 valence electrons. The maximum atomic E-state index is 14.5. The maximum absolute atomic E-state index is 14.5. The molecule has 0 radical (unpaired) electrons. The molecule has 2 unspecified atom stereocenters. The second-order valence-corrected chi connectivity index (χ2v) is 12.8. The third kappa shape index (κ3) is 5.22. The number of anilines is 1. The highest BCUT2D eigenvalue weighted by Gasteiger charge is 2.39. The van der Waals surface area contributed by atoms with Crippen LogP contribution in [0.1, 0.15) is 57.8 Å². The van der Waals surface area contributed by atoms with Crippen LogP contribution in [0.4, 0.5) is 5.82 Å². The Hall–Kier alpha value is -5.11. The molecule has 6 aromatic rings. The second kappa shape index (κ2) is 11.9. The standard InChI is InChI=1S/C38H30Cl2N6O/c1-23-8-7-19-45-36(25-12-14-26(39)15-13-25)29-20-27(40)21-30-33(29)34(37(45)32(23)24-9-3-2-4-10-24)35(43-30)38(47)44-31-16-18-42-46(31)22-28-11-5-6-17-41-28/h2-7,9-21,23,36,43H,8,22H2,1H3,(H,44,47). The molecule has 3 aromatic carbocycles. The lowest BCUT2D eigenvalue weighted by Crippen LogP contribution is -2.29. The number of amides is 1. The molecule has 0 saturated carbocycles. The van der Waals surface area contributed by atoms with Gasteiger partial charge in [-0.15, -0.1) is 0 Å². The van der Waals surface area contributed by atoms with Crippen LogP contribution in [-0.2, 0) is 6.54 Å². The minimum absolute atomic E-state index is 0.175. The van der Waals surface area contributed by atoms with Crippen molar-refractivity contribution in [3.8, 4) is 0 Å². The van der Waals surface area contributed by atoms with Crippen LogP contribution in [0, 0.1) is 5.92 Å². The molecule has 1 amide bonds. The normalized spacial score (nSPS) is 17.1. The van der Waals surface area contributed by atoms with E-state index >= 15 is 0 Å². The van der Waals surface area contributed by atoms with Gasteiger partial charge in [-0.05, 0) is 71.0 Å². The highest BCUT2D eigenvalue weighted by atomic mass is 35.5. The summed E-state index contributed by atoms with van der Waals surface area (Å²) < 4.78 is 1.74. The van der Waals surface area contributed by atoms with Gasteiger partial charge < -0.3 is 15.2 Å². The van der Waals surface area contributed by atoms with Crippen molar-refractivity contribution in [3.05, 3.63) is 159 Å². The summed E-state index contributed by atoms with van der Waals surface area (Å²) in [6, 6.07) is 29.7. The van der Waals surface area contributed by atoms with Gasteiger partial charge in [0.25, 0.3) is 5.91 Å². The van der Waals surface area contributed by atoms with E-state index in [9.17, 15) is 4.79 Å². The molecule has 7 nitrogen and oxygen atoms in total. The Morgan fingerprint density at radius 2 is 1.77 bits per heavy atom. The Morgan fingerprint density at radius 1 is 0.957 bits per heavy atom. The summed E-state index contributed by atoms with van der Waals surface area (Å²) in [7, 11) is 0. The molecule has 2 aliphatic rings. The van der Waals surface area contributed by atoms with Gasteiger partial charge in [0.05, 0.1) is 30.2 Å². The van der Waals surface area contributed by atoms with E-state index < -0.39 is 0 Å². The van der Waals surface area contributed by atoms with E-state index in [4.69, 9.17) is 23.2 Å². The van der Waals surface area contributed by atoms with E-state index in [0.29, 0.717) is 28.1 Å². The third-order valence-corrected chi connectivity index (χ3v) is 9.43. The fourth-order valence-electron chi connectivity index (χ4n) is 6.94. The zero-order valence-corrected chi connectivity index (χ0v) is 27.0. The van der Waals surface area contributed by atoms with Gasteiger partial charge in [0.15, 0.2) is 0 Å². The number of aromatic amines is 1. The largest absolute Gasteiger partial charge is 0.350 e. The van der Waals surface area contributed by atoms with Gasteiger partial charge in [-0.1, -0.05) is 84.7 Å². The van der Waals surface area contributed by atoms with Crippen molar-refractivity contribution in [2.75, 3.05) is 5.32 Å². The number of aromatic nitrogens is 4. The zero-order valence-electron chi connectivity index (χ0n) is 25.5. The summed E-state index contributed by atoms with van der Waals surface area (Å²) in [6.07, 6.45) is 8.65. The topological polar surface area (TPSA) is 78.8 Å². The summed E-state index contributed by atoms with van der Waals surface area (Å²) in [6.45, 7) is 2.67. The van der Waals surface area contributed by atoms with Crippen LogP contribution in [0.3, 0.4) is 0 Å². The van der Waals surface area contributed by atoms with Crippen LogP contribution in [0.25, 0.3) is 22.2 Å². The molecule has 47 heavy (non-hydrogen) atoms. The van der Waals surface area contributed by atoms with Gasteiger partial charge in [0.1, 0.15) is 11.5 Å². The molecule has 0 spiro atoms. The number of H-pyrrole nitrogens is 1. The number of carbonyl (C=O) groups excluding carboxylic acids is 1. The van der Waals surface area contributed by atoms with Crippen molar-refractivity contribution >= 4 is 57.1 Å². The lowest BCUT2D eigenvalue weighted by molar-refractivity contribution is 0.102. The summed E-state index contributed by atoms with van der Waals surface area (Å²) in [5.41, 5.74) is 8.30. The number of nitrogens with one attached hydrogen (secondary N) is 2. The number of hydrogen-bond donors (Lipinski definition) is 2. The fraction of sp³-hybridized carbons (Fsp3) is 0.132. The number of allylic oxidation sites excluding steroid dienone is 2. The van der Waals surface area contributed by atoms with Crippen LogP contribution in [0.5, 0.6) is 0 Å². The lowest BCUT2D eigenvalue weighted by Gasteiger charge is -2.39. The Labute approximate surface area is 282 Å². The minimum atomic E-state index is -0.272. The van der Waals surface area contributed by atoms with Gasteiger partial charge >= 0.3 is 0 Å². The van der Waals surface area contributed by atoms with Crippen molar-refractivity contribution in [2.24, 2.45) is 5.92 Å². The number of hydrogen-bond acceptors (Lipinski definition) is 4. The van der Waals surface area contributed by atoms with Crippen LogP contribution in [-0.4, -0.2) is 30.6 Å². The molecule has 8 rings (SSSR count). The molecule has 3 aromatic heterocycles. The monoisotopic (exact) mass is 656 g/mol. The Balaban J connectivity index is 1.36. The number of benzene rings is 3. The summed E-state index contributed by atoms with van der Waals surface area (Å²) >= 11 is 13.2. The van der Waals surface area contributed by atoms with E-state index in [-0.39, 0.29) is 17.9 Å². The van der Waals surface area contributed by atoms with E-state index in [2.05, 4.69) is 80.9 Å². The van der Waals surface area contributed by atoms with Crippen LogP contribution in [0.2, 0.25) is 10.0 Å². The quantitative estimate of drug-likeness (QED) is 0.187. The number of pyridine rings is 1. The minimum Gasteiger partial charge on any atom is -0.350 e. The molecular weight excluding hydrogens is 627 g/mol. The predicted molar refractivity (Wildman–Crippen MR) is 188 cm³/mol. The molecule has 0 fully saturated rings. The first-order valence-corrected chi connectivity index (χ1v) is 16.3. The lowest BCUT2D eigenvalue weighted by atomic mass is 9.82. The van der Waals surface area contributed by atoms with E-state index in [1.54, 1.807) is 23.1 Å². The number of carbonyl (C=O) groups is 1. The van der Waals surface area contributed by atoms with Crippen LogP contribution >= 0.6 is 23.2 Å². The molecule has 2 atom stereocenters. The first-order valence-electron chi connectivity index (χ1n) is 15.5. The zero-order chi connectivity index (χ0) is 32.1. The average Bonchev–Trinajstić information content (AvgIpc) is 3.63. The first-order chi connectivity index (χ1) is 23.0. The van der Waals surface area contributed by atoms with Gasteiger partial charge in [0.2, 0.25) is 0 Å². The summed E-state index contributed by atoms with van der Waals surface area (Å²) in [5.74, 6) is 0.476. The van der Waals surface area contributed by atoms with Crippen LogP contribution in [0.15, 0.2) is 116 Å². The van der Waals surface area contributed by atoms with Gasteiger partial charge in [0, 0.05) is 45.0 Å². The fourth-order valence-corrected chi connectivity index (χ4v) is 7.29. The molecule has 0 saturated heterocycles. The number of nitrogens with zero attached hydrogens (tertiary/aromatic N) is 4. The van der Waals surface area contributed by atoms with E-state index in [1.807, 2.05) is 48.5 Å². The van der Waals surface area contributed by atoms with E-state index in [1.165, 1.54) is 5.57 Å². The van der Waals surface area contributed by atoms with Crippen molar-refractivity contribution < 1.29 is 4.79 Å². The Bertz CT molecular complexity index is 2180. The van der Waals surface area contributed by atoms with Gasteiger partial charge in [-0.3, -0.25) is 9.78 Å². The molecule has 0 aliphatic carbocycles. The SMILES string of the molecule is CC1CC=CN2C(=C1c1ccccc1)c1c(C(=O)Nc3ccnn3Cc3ccccn3)[nH]c3cc(Cl)cc(c13)C2c1ccc(Cl)cc1. The Kier molecular flexibility index (Phi) is 7.43. The predicted octanol–water partition coefficient (Wildman–Crippen LogP) is 9.19. The van der Waals surface area contributed by atoms with Crippen molar-refractivity contribution in [3.63, 3.8) is 0 Å². The average molecular weight is 658 g/mol. The third-order valence-electron chi connectivity index (χ3n) is 8.96. The number of rotatable bonds is 6. The van der Waals surface area contributed by atoms with Crippen molar-refractivity contribution in [1.82, 2.24) is 24.6 Å². The maximum Gasteiger partial charge on any atom is 0.273 e. The first kappa shape index (κ1) is 29.3. The molecule has 2 N–H and O–H groups in total. The Morgan fingerprint density at radius 3 is 2.55 bits per heavy atom. The highest BCUT2D eigenvalue weighted by Crippen LogP contribution is 2.52. The molecule has 0 bridgehead atoms. The molecule has 9 heteroatoms. The number of halogens is 2. The van der Waals surface area contributed by atoms with Gasteiger partial charge in [-0.25, -0.2) is 4.68 Å². The molecule has 5 heterocycles. The van der Waals surface area contributed by atoms with Crippen molar-refractivity contribution in [2.45, 2.75) is 25.9 Å².